The van der Waals surface area contributed by atoms with Crippen molar-refractivity contribution >= 4 is 31.6 Å². The summed E-state index contributed by atoms with van der Waals surface area (Å²) in [5.74, 6) is 1.12. The molecule has 27 heavy (non-hydrogen) atoms. The number of nitrogens with one attached hydrogen (secondary N) is 1. The molecule has 7 nitrogen and oxygen atoms in total. The van der Waals surface area contributed by atoms with Gasteiger partial charge in [0.15, 0.2) is 11.5 Å². The summed E-state index contributed by atoms with van der Waals surface area (Å²) in [6.07, 6.45) is 0. The summed E-state index contributed by atoms with van der Waals surface area (Å²) < 4.78 is 40.9. The van der Waals surface area contributed by atoms with Crippen LogP contribution in [0.5, 0.6) is 11.5 Å². The number of fused-ring (bicyclic) bond motifs is 1. The minimum absolute atomic E-state index is 0.112. The van der Waals surface area contributed by atoms with E-state index in [1.165, 1.54) is 16.7 Å². The maximum Gasteiger partial charge on any atom is 0.307 e. The van der Waals surface area contributed by atoms with Crippen LogP contribution in [0.25, 0.3) is 10.2 Å². The Labute approximate surface area is 161 Å². The molecule has 1 N–H and O–H groups in total. The molecule has 0 aliphatic carbocycles. The number of ether oxygens (including phenoxy) is 2. The van der Waals surface area contributed by atoms with Crippen LogP contribution >= 0.6 is 11.3 Å². The Balaban J connectivity index is 1.73. The minimum Gasteiger partial charge on any atom is -0.493 e. The maximum absolute atomic E-state index is 12.6. The van der Waals surface area contributed by atoms with E-state index >= 15 is 0 Å². The van der Waals surface area contributed by atoms with Gasteiger partial charge in [0.2, 0.25) is 10.0 Å². The molecule has 1 atom stereocenters. The van der Waals surface area contributed by atoms with E-state index in [1.807, 2.05) is 12.1 Å². The summed E-state index contributed by atoms with van der Waals surface area (Å²) in [5, 5.41) is 0. The van der Waals surface area contributed by atoms with Crippen molar-refractivity contribution in [2.24, 2.45) is 7.05 Å². The fourth-order valence-electron chi connectivity index (χ4n) is 2.60. The predicted octanol–water partition coefficient (Wildman–Crippen LogP) is 2.35. The maximum atomic E-state index is 12.6. The molecule has 0 amide bonds. The van der Waals surface area contributed by atoms with Crippen LogP contribution in [0.1, 0.15) is 6.92 Å². The monoisotopic (exact) mass is 408 g/mol. The molecule has 0 bridgehead atoms. The molecular weight excluding hydrogens is 388 g/mol. The lowest BCUT2D eigenvalue weighted by Gasteiger charge is -2.16. The van der Waals surface area contributed by atoms with Crippen LogP contribution in [0.2, 0.25) is 0 Å². The highest BCUT2D eigenvalue weighted by atomic mass is 32.2. The minimum atomic E-state index is -3.74. The highest BCUT2D eigenvalue weighted by molar-refractivity contribution is 7.89. The molecule has 0 radical (unpaired) electrons. The fraction of sp³-hybridized carbons (Fsp3) is 0.278. The van der Waals surface area contributed by atoms with Gasteiger partial charge in [-0.2, -0.15) is 0 Å². The van der Waals surface area contributed by atoms with E-state index in [0.29, 0.717) is 21.7 Å². The Bertz CT molecular complexity index is 1120. The summed E-state index contributed by atoms with van der Waals surface area (Å²) in [6, 6.07) is 11.3. The third-order valence-corrected chi connectivity index (χ3v) is 6.57. The Kier molecular flexibility index (Phi) is 5.54. The lowest BCUT2D eigenvalue weighted by Crippen LogP contribution is -2.36. The zero-order valence-corrected chi connectivity index (χ0v) is 16.8. The van der Waals surface area contributed by atoms with E-state index in [2.05, 4.69) is 4.72 Å². The number of para-hydroxylation sites is 2. The first-order chi connectivity index (χ1) is 12.8. The van der Waals surface area contributed by atoms with Crippen molar-refractivity contribution in [3.8, 4) is 11.5 Å². The molecule has 0 fully saturated rings. The summed E-state index contributed by atoms with van der Waals surface area (Å²) in [7, 11) is -0.539. The van der Waals surface area contributed by atoms with Crippen molar-refractivity contribution in [3.05, 3.63) is 52.1 Å². The van der Waals surface area contributed by atoms with Crippen molar-refractivity contribution in [1.29, 1.82) is 0 Å². The van der Waals surface area contributed by atoms with Crippen molar-refractivity contribution in [1.82, 2.24) is 9.29 Å². The second-order valence-electron chi connectivity index (χ2n) is 6.04. The molecule has 2 aromatic carbocycles. The normalized spacial score (nSPS) is 12.9. The number of hydrogen-bond acceptors (Lipinski definition) is 6. The van der Waals surface area contributed by atoms with Gasteiger partial charge in [-0.25, -0.2) is 13.1 Å². The number of sulfonamides is 1. The molecule has 3 aromatic rings. The second kappa shape index (κ2) is 7.71. The van der Waals surface area contributed by atoms with E-state index < -0.39 is 16.1 Å². The van der Waals surface area contributed by atoms with Crippen molar-refractivity contribution in [3.63, 3.8) is 0 Å². The number of benzene rings is 2. The number of hydrogen-bond donors (Lipinski definition) is 1. The van der Waals surface area contributed by atoms with Gasteiger partial charge in [0.25, 0.3) is 0 Å². The number of rotatable bonds is 7. The molecular formula is C18H20N2O5S2. The van der Waals surface area contributed by atoms with Crippen LogP contribution in [-0.4, -0.2) is 32.7 Å². The van der Waals surface area contributed by atoms with Gasteiger partial charge in [-0.1, -0.05) is 23.5 Å². The summed E-state index contributed by atoms with van der Waals surface area (Å²) in [6.45, 7) is 1.85. The molecule has 1 aromatic heterocycles. The molecule has 0 saturated carbocycles. The molecule has 9 heteroatoms. The van der Waals surface area contributed by atoms with Crippen LogP contribution in [-0.2, 0) is 17.1 Å². The molecule has 144 valence electrons. The highest BCUT2D eigenvalue weighted by Crippen LogP contribution is 2.26. The zero-order chi connectivity index (χ0) is 19.6. The van der Waals surface area contributed by atoms with Crippen molar-refractivity contribution < 1.29 is 17.9 Å². The Hall–Kier alpha value is -2.36. The second-order valence-corrected chi connectivity index (χ2v) is 8.75. The first-order valence-electron chi connectivity index (χ1n) is 8.19. The number of methoxy groups -OCH3 is 1. The van der Waals surface area contributed by atoms with Gasteiger partial charge in [0.05, 0.1) is 28.3 Å². The Morgan fingerprint density at radius 3 is 2.59 bits per heavy atom. The lowest BCUT2D eigenvalue weighted by molar-refractivity contribution is 0.271. The number of nitrogens with zero attached hydrogens (tertiary/aromatic N) is 1. The van der Waals surface area contributed by atoms with Gasteiger partial charge in [-0.3, -0.25) is 4.79 Å². The van der Waals surface area contributed by atoms with E-state index in [9.17, 15) is 13.2 Å². The van der Waals surface area contributed by atoms with Crippen LogP contribution in [0, 0.1) is 0 Å². The van der Waals surface area contributed by atoms with Gasteiger partial charge in [0, 0.05) is 7.05 Å². The highest BCUT2D eigenvalue weighted by Gasteiger charge is 2.19. The Morgan fingerprint density at radius 1 is 1.19 bits per heavy atom. The van der Waals surface area contributed by atoms with Gasteiger partial charge in [-0.05, 0) is 37.3 Å². The van der Waals surface area contributed by atoms with Crippen LogP contribution < -0.4 is 19.1 Å². The van der Waals surface area contributed by atoms with Gasteiger partial charge >= 0.3 is 4.87 Å². The van der Waals surface area contributed by atoms with E-state index in [-0.39, 0.29) is 16.4 Å². The average Bonchev–Trinajstić information content (AvgIpc) is 2.93. The van der Waals surface area contributed by atoms with Crippen LogP contribution in [0.4, 0.5) is 0 Å². The molecule has 0 aliphatic rings. The molecule has 0 aliphatic heterocycles. The van der Waals surface area contributed by atoms with Gasteiger partial charge < -0.3 is 14.0 Å². The van der Waals surface area contributed by atoms with Crippen LogP contribution in [0.15, 0.2) is 52.2 Å². The molecule has 0 unspecified atom stereocenters. The molecule has 0 spiro atoms. The average molecular weight is 409 g/mol. The largest absolute Gasteiger partial charge is 0.493 e. The first-order valence-corrected chi connectivity index (χ1v) is 10.5. The summed E-state index contributed by atoms with van der Waals surface area (Å²) >= 11 is 1.02. The molecule has 1 heterocycles. The number of aromatic nitrogens is 1. The lowest BCUT2D eigenvalue weighted by atomic mass is 10.3. The topological polar surface area (TPSA) is 86.6 Å². The van der Waals surface area contributed by atoms with Gasteiger partial charge in [-0.15, -0.1) is 0 Å². The quantitative estimate of drug-likeness (QED) is 0.649. The first kappa shape index (κ1) is 19.4. The Morgan fingerprint density at radius 2 is 1.89 bits per heavy atom. The number of aryl methyl sites for hydroxylation is 1. The fourth-order valence-corrected chi connectivity index (χ4v) is 4.85. The van der Waals surface area contributed by atoms with Gasteiger partial charge in [0.1, 0.15) is 6.61 Å². The van der Waals surface area contributed by atoms with E-state index in [1.54, 1.807) is 39.3 Å². The standard InChI is InChI=1S/C18H20N2O5S2/c1-12(11-25-16-7-5-4-6-15(16)24-3)19-27(22,23)13-8-9-14-17(10-13)26-18(21)20(14)2/h4-10,12,19H,11H2,1-3H3/t12-/m1/s1. The SMILES string of the molecule is COc1ccccc1OC[C@@H](C)NS(=O)(=O)c1ccc2c(c1)sc(=O)n2C. The van der Waals surface area contributed by atoms with E-state index in [4.69, 9.17) is 9.47 Å². The van der Waals surface area contributed by atoms with Crippen molar-refractivity contribution in [2.45, 2.75) is 17.9 Å². The summed E-state index contributed by atoms with van der Waals surface area (Å²) in [4.78, 5) is 11.7. The van der Waals surface area contributed by atoms with E-state index in [0.717, 1.165) is 11.3 Å². The van der Waals surface area contributed by atoms with Crippen molar-refractivity contribution in [2.75, 3.05) is 13.7 Å². The third kappa shape index (κ3) is 4.15. The zero-order valence-electron chi connectivity index (χ0n) is 15.1. The smallest absolute Gasteiger partial charge is 0.307 e. The number of thiazole rings is 1. The van der Waals surface area contributed by atoms with Crippen LogP contribution in [0.3, 0.4) is 0 Å². The third-order valence-electron chi connectivity index (χ3n) is 3.99. The predicted molar refractivity (Wildman–Crippen MR) is 105 cm³/mol. The molecule has 0 saturated heterocycles. The molecule has 3 rings (SSSR count). The summed E-state index contributed by atoms with van der Waals surface area (Å²) in [5.41, 5.74) is 0.705.